The van der Waals surface area contributed by atoms with Gasteiger partial charge in [-0.15, -0.1) is 0 Å². The Labute approximate surface area is 303 Å². The van der Waals surface area contributed by atoms with Gasteiger partial charge in [0.1, 0.15) is 6.61 Å². The Morgan fingerprint density at radius 1 is 0.551 bits per heavy atom. The van der Waals surface area contributed by atoms with Crippen molar-refractivity contribution < 1.29 is 24.2 Å². The van der Waals surface area contributed by atoms with Crippen LogP contribution < -0.4 is 5.73 Å². The van der Waals surface area contributed by atoms with E-state index in [4.69, 9.17) is 15.2 Å². The molecule has 0 saturated heterocycles. The van der Waals surface area contributed by atoms with E-state index in [0.29, 0.717) is 12.8 Å². The second kappa shape index (κ2) is 33.5. The van der Waals surface area contributed by atoms with Crippen molar-refractivity contribution in [2.24, 2.45) is 5.73 Å². The zero-order chi connectivity index (χ0) is 36.3. The molecule has 0 saturated carbocycles. The van der Waals surface area contributed by atoms with E-state index in [9.17, 15) is 14.7 Å². The molecule has 3 N–H and O–H groups in total. The van der Waals surface area contributed by atoms with Gasteiger partial charge in [0, 0.05) is 19.4 Å². The Kier molecular flexibility index (Phi) is 32.3. The van der Waals surface area contributed by atoms with Crippen LogP contribution in [0, 0.1) is 0 Å². The van der Waals surface area contributed by atoms with E-state index < -0.39 is 11.1 Å². The largest absolute Gasteiger partial charge is 0.461 e. The molecule has 2 atom stereocenters. The smallest absolute Gasteiger partial charge is 0.306 e. The lowest BCUT2D eigenvalue weighted by atomic mass is 9.81. The Hall–Kier alpha value is -1.66. The SMILES string of the molecule is CCCCCCCC/C=C\CCCCCCCC(=O)OCC(C)(OC(=O)CCCCCCC/C=C\CCCCCCCC)C(C)(N)CCO. The van der Waals surface area contributed by atoms with E-state index >= 15 is 0 Å². The number of rotatable bonds is 36. The van der Waals surface area contributed by atoms with E-state index in [-0.39, 0.29) is 31.6 Å². The van der Waals surface area contributed by atoms with E-state index in [0.717, 1.165) is 57.8 Å². The van der Waals surface area contributed by atoms with Crippen LogP contribution in [0.4, 0.5) is 0 Å². The summed E-state index contributed by atoms with van der Waals surface area (Å²) < 4.78 is 11.5. The van der Waals surface area contributed by atoms with Crippen molar-refractivity contribution in [3.8, 4) is 0 Å². The fourth-order valence-corrected chi connectivity index (χ4v) is 6.08. The van der Waals surface area contributed by atoms with Gasteiger partial charge in [-0.05, 0) is 84.5 Å². The predicted molar refractivity (Wildman–Crippen MR) is 209 cm³/mol. The molecule has 49 heavy (non-hydrogen) atoms. The second-order valence-corrected chi connectivity index (χ2v) is 14.9. The van der Waals surface area contributed by atoms with Crippen molar-refractivity contribution in [2.75, 3.05) is 13.2 Å². The highest BCUT2D eigenvalue weighted by atomic mass is 16.6. The molecule has 0 bridgehead atoms. The normalized spacial score (nSPS) is 14.3. The third-order valence-corrected chi connectivity index (χ3v) is 9.97. The van der Waals surface area contributed by atoms with Gasteiger partial charge in [-0.2, -0.15) is 0 Å². The van der Waals surface area contributed by atoms with Gasteiger partial charge in [-0.25, -0.2) is 0 Å². The monoisotopic (exact) mass is 692 g/mol. The summed E-state index contributed by atoms with van der Waals surface area (Å²) in [5.41, 5.74) is 4.27. The summed E-state index contributed by atoms with van der Waals surface area (Å²) in [6.45, 7) is 7.73. The predicted octanol–water partition coefficient (Wildman–Crippen LogP) is 12.0. The van der Waals surface area contributed by atoms with Crippen LogP contribution in [0.25, 0.3) is 0 Å². The number of hydrogen-bond donors (Lipinski definition) is 2. The number of nitrogens with two attached hydrogens (primary N) is 1. The number of carbonyl (C=O) groups is 2. The number of esters is 2. The molecule has 0 aromatic heterocycles. The molecule has 6 nitrogen and oxygen atoms in total. The molecule has 0 aliphatic rings. The van der Waals surface area contributed by atoms with Crippen LogP contribution in [-0.2, 0) is 19.1 Å². The number of allylic oxidation sites excluding steroid dienone is 4. The first kappa shape index (κ1) is 47.3. The van der Waals surface area contributed by atoms with Gasteiger partial charge >= 0.3 is 11.9 Å². The van der Waals surface area contributed by atoms with Crippen LogP contribution in [0.15, 0.2) is 24.3 Å². The number of aliphatic hydroxyl groups excluding tert-OH is 1. The lowest BCUT2D eigenvalue weighted by Gasteiger charge is -2.42. The zero-order valence-electron chi connectivity index (χ0n) is 32.9. The summed E-state index contributed by atoms with van der Waals surface area (Å²) in [6, 6.07) is 0. The number of carbonyl (C=O) groups excluding carboxylic acids is 2. The molecule has 0 amide bonds. The molecule has 2 unspecified atom stereocenters. The van der Waals surface area contributed by atoms with E-state index in [1.54, 1.807) is 13.8 Å². The summed E-state index contributed by atoms with van der Waals surface area (Å²) in [5.74, 6) is -0.625. The lowest BCUT2D eigenvalue weighted by molar-refractivity contribution is -0.180. The van der Waals surface area contributed by atoms with E-state index in [2.05, 4.69) is 38.2 Å². The molecule has 0 aliphatic carbocycles. The average Bonchev–Trinajstić information content (AvgIpc) is 3.07. The molecule has 0 aromatic carbocycles. The molecular weight excluding hydrogens is 610 g/mol. The number of aliphatic hydroxyl groups is 1. The first-order valence-electron chi connectivity index (χ1n) is 20.8. The molecule has 0 radical (unpaired) electrons. The van der Waals surface area contributed by atoms with Gasteiger partial charge in [0.25, 0.3) is 0 Å². The summed E-state index contributed by atoms with van der Waals surface area (Å²) in [6.07, 6.45) is 41.5. The van der Waals surface area contributed by atoms with Crippen molar-refractivity contribution >= 4 is 11.9 Å². The van der Waals surface area contributed by atoms with E-state index in [1.165, 1.54) is 109 Å². The third kappa shape index (κ3) is 28.7. The van der Waals surface area contributed by atoms with Crippen molar-refractivity contribution in [3.05, 3.63) is 24.3 Å². The average molecular weight is 692 g/mol. The van der Waals surface area contributed by atoms with Crippen LogP contribution >= 0.6 is 0 Å². The van der Waals surface area contributed by atoms with Crippen molar-refractivity contribution in [1.82, 2.24) is 0 Å². The molecule has 0 rings (SSSR count). The maximum Gasteiger partial charge on any atom is 0.306 e. The summed E-state index contributed by atoms with van der Waals surface area (Å²) in [4.78, 5) is 25.4. The molecule has 0 aromatic rings. The van der Waals surface area contributed by atoms with Crippen LogP contribution in [0.1, 0.15) is 214 Å². The van der Waals surface area contributed by atoms with Crippen LogP contribution in [0.5, 0.6) is 0 Å². The maximum atomic E-state index is 12.8. The van der Waals surface area contributed by atoms with Gasteiger partial charge in [-0.1, -0.05) is 141 Å². The summed E-state index contributed by atoms with van der Waals surface area (Å²) in [5, 5.41) is 9.59. The van der Waals surface area contributed by atoms with E-state index in [1.807, 2.05) is 0 Å². The zero-order valence-corrected chi connectivity index (χ0v) is 32.9. The van der Waals surface area contributed by atoms with Crippen LogP contribution in [-0.4, -0.2) is 41.4 Å². The minimum Gasteiger partial charge on any atom is -0.461 e. The maximum absolute atomic E-state index is 12.8. The first-order valence-corrected chi connectivity index (χ1v) is 20.8. The van der Waals surface area contributed by atoms with Gasteiger partial charge in [-0.3, -0.25) is 9.59 Å². The van der Waals surface area contributed by atoms with Crippen LogP contribution in [0.3, 0.4) is 0 Å². The minimum atomic E-state index is -1.22. The molecular formula is C43H81NO5. The van der Waals surface area contributed by atoms with Gasteiger partial charge in [0.2, 0.25) is 0 Å². The Balaban J connectivity index is 4.16. The highest BCUT2D eigenvalue weighted by Crippen LogP contribution is 2.29. The molecule has 6 heteroatoms. The molecule has 0 heterocycles. The highest BCUT2D eigenvalue weighted by molar-refractivity contribution is 5.71. The molecule has 0 spiro atoms. The lowest BCUT2D eigenvalue weighted by Crippen LogP contribution is -2.62. The second-order valence-electron chi connectivity index (χ2n) is 14.9. The molecule has 288 valence electrons. The number of ether oxygens (including phenoxy) is 2. The Morgan fingerprint density at radius 3 is 1.29 bits per heavy atom. The topological polar surface area (TPSA) is 98.9 Å². The minimum absolute atomic E-state index is 0.109. The fourth-order valence-electron chi connectivity index (χ4n) is 6.08. The fraction of sp³-hybridized carbons (Fsp3) is 0.860. The van der Waals surface area contributed by atoms with Gasteiger partial charge in [0.05, 0.1) is 5.54 Å². The third-order valence-electron chi connectivity index (χ3n) is 9.97. The first-order chi connectivity index (χ1) is 23.7. The summed E-state index contributed by atoms with van der Waals surface area (Å²) in [7, 11) is 0. The van der Waals surface area contributed by atoms with Gasteiger partial charge < -0.3 is 20.3 Å². The van der Waals surface area contributed by atoms with Crippen molar-refractivity contribution in [2.45, 2.75) is 225 Å². The summed E-state index contributed by atoms with van der Waals surface area (Å²) >= 11 is 0. The Morgan fingerprint density at radius 2 is 0.898 bits per heavy atom. The number of hydrogen-bond acceptors (Lipinski definition) is 6. The quantitative estimate of drug-likeness (QED) is 0.0385. The highest BCUT2D eigenvalue weighted by Gasteiger charge is 2.46. The Bertz CT molecular complexity index is 823. The van der Waals surface area contributed by atoms with Crippen LogP contribution in [0.2, 0.25) is 0 Å². The number of unbranched alkanes of at least 4 members (excludes halogenated alkanes) is 22. The van der Waals surface area contributed by atoms with Crippen molar-refractivity contribution in [3.63, 3.8) is 0 Å². The molecule has 0 fully saturated rings. The van der Waals surface area contributed by atoms with Crippen molar-refractivity contribution in [1.29, 1.82) is 0 Å². The standard InChI is InChI=1S/C43H81NO5/c1-5-7-9-11-13-15-17-19-21-23-25-27-29-31-33-35-40(46)48-39-43(4,42(3,44)37-38-45)49-41(47)36-34-32-30-28-26-24-22-20-18-16-14-12-10-8-6-2/h19-22,45H,5-18,23-39,44H2,1-4H3/b21-19-,22-20-. The van der Waals surface area contributed by atoms with Gasteiger partial charge in [0.15, 0.2) is 5.60 Å². The molecule has 0 aliphatic heterocycles.